The normalized spacial score (nSPS) is 12.1. The number of hydrogen-bond acceptors (Lipinski definition) is 6. The van der Waals surface area contributed by atoms with Gasteiger partial charge >= 0.3 is 5.97 Å². The van der Waals surface area contributed by atoms with Crippen LogP contribution in [0, 0.1) is 5.92 Å². The molecule has 2 rings (SSSR count). The summed E-state index contributed by atoms with van der Waals surface area (Å²) in [6.07, 6.45) is 0. The Hall–Kier alpha value is -1.89. The van der Waals surface area contributed by atoms with Crippen LogP contribution in [0.3, 0.4) is 0 Å². The number of aromatic nitrogens is 4. The molecule has 0 spiro atoms. The van der Waals surface area contributed by atoms with E-state index in [0.717, 1.165) is 11.4 Å². The van der Waals surface area contributed by atoms with Gasteiger partial charge in [-0.25, -0.2) is 4.68 Å². The Kier molecular flexibility index (Phi) is 5.74. The highest BCUT2D eigenvalue weighted by Crippen LogP contribution is 2.15. The number of methoxy groups -OCH3 is 1. The Morgan fingerprint density at radius 2 is 2.14 bits per heavy atom. The molecule has 0 fully saturated rings. The molecule has 1 aromatic carbocycles. The van der Waals surface area contributed by atoms with E-state index >= 15 is 0 Å². The molecule has 0 saturated heterocycles. The second-order valence-electron chi connectivity index (χ2n) is 4.68. The number of tetrazole rings is 1. The van der Waals surface area contributed by atoms with Crippen LogP contribution in [0.1, 0.15) is 18.3 Å². The molecule has 1 unspecified atom stereocenters. The molecule has 21 heavy (non-hydrogen) atoms. The molecule has 0 radical (unpaired) electrons. The average molecular weight is 306 g/mol. The molecule has 2 aromatic rings. The molecule has 1 aromatic heterocycles. The Morgan fingerprint density at radius 1 is 1.38 bits per heavy atom. The van der Waals surface area contributed by atoms with Crippen molar-refractivity contribution >= 4 is 17.7 Å². The molecule has 0 N–H and O–H groups in total. The van der Waals surface area contributed by atoms with Gasteiger partial charge in [-0.1, -0.05) is 37.3 Å². The molecule has 1 heterocycles. The van der Waals surface area contributed by atoms with E-state index in [9.17, 15) is 4.79 Å². The Labute approximate surface area is 127 Å². The lowest BCUT2D eigenvalue weighted by atomic mass is 10.2. The molecule has 1 atom stereocenters. The van der Waals surface area contributed by atoms with Crippen molar-refractivity contribution in [2.45, 2.75) is 19.2 Å². The predicted octanol–water partition coefficient (Wildman–Crippen LogP) is 1.76. The third kappa shape index (κ3) is 4.56. The van der Waals surface area contributed by atoms with E-state index in [0.29, 0.717) is 18.1 Å². The highest BCUT2D eigenvalue weighted by Gasteiger charge is 2.14. The average Bonchev–Trinajstić information content (AvgIpc) is 2.94. The largest absolute Gasteiger partial charge is 0.469 e. The number of nitrogens with zero attached hydrogens (tertiary/aromatic N) is 4. The standard InChI is InChI=1S/C14H18N4O2S/c1-11(14(19)20-2)9-21-10-13-15-16-17-18(13)8-12-6-4-3-5-7-12/h3-7,11H,8-10H2,1-2H3. The number of ether oxygens (including phenoxy) is 1. The summed E-state index contributed by atoms with van der Waals surface area (Å²) in [7, 11) is 1.41. The Morgan fingerprint density at radius 3 is 2.86 bits per heavy atom. The van der Waals surface area contributed by atoms with Crippen LogP contribution in [0.4, 0.5) is 0 Å². The van der Waals surface area contributed by atoms with Crippen LogP contribution >= 0.6 is 11.8 Å². The van der Waals surface area contributed by atoms with Gasteiger partial charge in [0.1, 0.15) is 0 Å². The van der Waals surface area contributed by atoms with Gasteiger partial charge in [-0.3, -0.25) is 4.79 Å². The minimum absolute atomic E-state index is 0.126. The van der Waals surface area contributed by atoms with E-state index < -0.39 is 0 Å². The first-order valence-corrected chi connectivity index (χ1v) is 7.80. The lowest BCUT2D eigenvalue weighted by molar-refractivity contribution is -0.143. The maximum Gasteiger partial charge on any atom is 0.309 e. The fraction of sp³-hybridized carbons (Fsp3) is 0.429. The summed E-state index contributed by atoms with van der Waals surface area (Å²) in [6.45, 7) is 2.50. The van der Waals surface area contributed by atoms with Gasteiger partial charge in [0, 0.05) is 5.75 Å². The van der Waals surface area contributed by atoms with Crippen LogP contribution in [0.25, 0.3) is 0 Å². The third-order valence-electron chi connectivity index (χ3n) is 2.98. The van der Waals surface area contributed by atoms with Gasteiger partial charge in [0.2, 0.25) is 0 Å². The summed E-state index contributed by atoms with van der Waals surface area (Å²) in [5.74, 6) is 1.84. The fourth-order valence-corrected chi connectivity index (χ4v) is 2.80. The quantitative estimate of drug-likeness (QED) is 0.726. The second-order valence-corrected chi connectivity index (χ2v) is 5.71. The van der Waals surface area contributed by atoms with Gasteiger partial charge in [-0.2, -0.15) is 11.8 Å². The second kappa shape index (κ2) is 7.78. The molecule has 6 nitrogen and oxygen atoms in total. The van der Waals surface area contributed by atoms with Crippen molar-refractivity contribution in [1.82, 2.24) is 20.2 Å². The summed E-state index contributed by atoms with van der Waals surface area (Å²) in [5, 5.41) is 11.8. The van der Waals surface area contributed by atoms with Gasteiger partial charge in [-0.15, -0.1) is 5.10 Å². The topological polar surface area (TPSA) is 69.9 Å². The summed E-state index contributed by atoms with van der Waals surface area (Å²) in [4.78, 5) is 11.3. The molecule has 0 aliphatic carbocycles. The molecular weight excluding hydrogens is 288 g/mol. The van der Waals surface area contributed by atoms with E-state index in [2.05, 4.69) is 15.5 Å². The first-order chi connectivity index (χ1) is 10.2. The minimum atomic E-state index is -0.189. The van der Waals surface area contributed by atoms with Gasteiger partial charge in [0.15, 0.2) is 5.82 Å². The van der Waals surface area contributed by atoms with Crippen molar-refractivity contribution in [2.24, 2.45) is 5.92 Å². The van der Waals surface area contributed by atoms with Crippen molar-refractivity contribution in [1.29, 1.82) is 0 Å². The summed E-state index contributed by atoms with van der Waals surface area (Å²) in [6, 6.07) is 10.0. The van der Waals surface area contributed by atoms with E-state index in [1.165, 1.54) is 7.11 Å². The number of esters is 1. The fourth-order valence-electron chi connectivity index (χ4n) is 1.80. The summed E-state index contributed by atoms with van der Waals surface area (Å²) in [5.41, 5.74) is 1.15. The van der Waals surface area contributed by atoms with Crippen molar-refractivity contribution < 1.29 is 9.53 Å². The molecular formula is C14H18N4O2S. The zero-order chi connectivity index (χ0) is 15.1. The molecule has 0 amide bonds. The van der Waals surface area contributed by atoms with Crippen LogP contribution in [-0.4, -0.2) is 39.0 Å². The van der Waals surface area contributed by atoms with Crippen molar-refractivity contribution in [3.05, 3.63) is 41.7 Å². The zero-order valence-electron chi connectivity index (χ0n) is 12.1. The number of rotatable bonds is 7. The molecule has 112 valence electrons. The number of carbonyl (C=O) groups is 1. The Balaban J connectivity index is 1.87. The lowest BCUT2D eigenvalue weighted by Crippen LogP contribution is -2.15. The number of carbonyl (C=O) groups excluding carboxylic acids is 1. The van der Waals surface area contributed by atoms with Crippen LogP contribution in [-0.2, 0) is 21.8 Å². The summed E-state index contributed by atoms with van der Waals surface area (Å²) >= 11 is 1.62. The van der Waals surface area contributed by atoms with E-state index in [1.54, 1.807) is 16.4 Å². The van der Waals surface area contributed by atoms with Crippen LogP contribution < -0.4 is 0 Å². The van der Waals surface area contributed by atoms with Gasteiger partial charge in [0.25, 0.3) is 0 Å². The predicted molar refractivity (Wildman–Crippen MR) is 80.7 cm³/mol. The van der Waals surface area contributed by atoms with E-state index in [1.807, 2.05) is 37.3 Å². The molecule has 0 bridgehead atoms. The number of benzene rings is 1. The van der Waals surface area contributed by atoms with Crippen molar-refractivity contribution in [3.8, 4) is 0 Å². The van der Waals surface area contributed by atoms with Crippen molar-refractivity contribution in [2.75, 3.05) is 12.9 Å². The van der Waals surface area contributed by atoms with Gasteiger partial charge in [0.05, 0.1) is 25.3 Å². The van der Waals surface area contributed by atoms with Gasteiger partial charge < -0.3 is 4.74 Å². The lowest BCUT2D eigenvalue weighted by Gasteiger charge is -2.08. The smallest absolute Gasteiger partial charge is 0.309 e. The van der Waals surface area contributed by atoms with Crippen LogP contribution in [0.2, 0.25) is 0 Å². The van der Waals surface area contributed by atoms with Crippen LogP contribution in [0.15, 0.2) is 30.3 Å². The minimum Gasteiger partial charge on any atom is -0.469 e. The SMILES string of the molecule is COC(=O)C(C)CSCc1nnnn1Cc1ccccc1. The first kappa shape index (κ1) is 15.5. The third-order valence-corrected chi connectivity index (χ3v) is 4.18. The van der Waals surface area contributed by atoms with Gasteiger partial charge in [-0.05, 0) is 16.0 Å². The van der Waals surface area contributed by atoms with Crippen molar-refractivity contribution in [3.63, 3.8) is 0 Å². The first-order valence-electron chi connectivity index (χ1n) is 6.65. The van der Waals surface area contributed by atoms with E-state index in [4.69, 9.17) is 4.74 Å². The Bertz CT molecular complexity index is 573. The highest BCUT2D eigenvalue weighted by molar-refractivity contribution is 7.98. The number of hydrogen-bond donors (Lipinski definition) is 0. The van der Waals surface area contributed by atoms with E-state index in [-0.39, 0.29) is 11.9 Å². The summed E-state index contributed by atoms with van der Waals surface area (Å²) < 4.78 is 6.49. The monoisotopic (exact) mass is 306 g/mol. The maximum absolute atomic E-state index is 11.3. The number of thioether (sulfide) groups is 1. The molecule has 0 aliphatic rings. The molecule has 7 heteroatoms. The molecule has 0 saturated carbocycles. The van der Waals surface area contributed by atoms with Crippen LogP contribution in [0.5, 0.6) is 0 Å². The molecule has 0 aliphatic heterocycles. The maximum atomic E-state index is 11.3. The zero-order valence-corrected chi connectivity index (χ0v) is 12.9. The highest BCUT2D eigenvalue weighted by atomic mass is 32.2.